The molecule has 14 heavy (non-hydrogen) atoms. The van der Waals surface area contributed by atoms with E-state index in [1.165, 1.54) is 11.1 Å². The number of nitrogens with one attached hydrogen (secondary N) is 1. The number of hydrogen-bond acceptors (Lipinski definition) is 2. The third kappa shape index (κ3) is 1.40. The van der Waals surface area contributed by atoms with Gasteiger partial charge in [-0.05, 0) is 38.0 Å². The van der Waals surface area contributed by atoms with Crippen molar-refractivity contribution >= 4 is 11.0 Å². The molecule has 1 aromatic carbocycles. The number of nitrogens with two attached hydrogens (primary N) is 1. The lowest BCUT2D eigenvalue weighted by molar-refractivity contribution is 0.759. The van der Waals surface area contributed by atoms with Crippen molar-refractivity contribution in [2.45, 2.75) is 26.8 Å². The fourth-order valence-corrected chi connectivity index (χ4v) is 1.71. The predicted molar refractivity (Wildman–Crippen MR) is 58.2 cm³/mol. The molecule has 0 bridgehead atoms. The lowest BCUT2D eigenvalue weighted by atomic mass is 10.1. The number of imidazole rings is 1. The Bertz CT molecular complexity index is 469. The van der Waals surface area contributed by atoms with Crippen molar-refractivity contribution in [2.75, 3.05) is 0 Å². The van der Waals surface area contributed by atoms with E-state index >= 15 is 0 Å². The van der Waals surface area contributed by atoms with Crippen LogP contribution in [0.25, 0.3) is 11.0 Å². The van der Waals surface area contributed by atoms with Crippen LogP contribution in [0.5, 0.6) is 0 Å². The van der Waals surface area contributed by atoms with Crippen molar-refractivity contribution in [3.63, 3.8) is 0 Å². The zero-order chi connectivity index (χ0) is 10.3. The summed E-state index contributed by atoms with van der Waals surface area (Å²) >= 11 is 0. The molecule has 0 spiro atoms. The molecule has 0 saturated carbocycles. The molecule has 0 saturated heterocycles. The average molecular weight is 189 g/mol. The summed E-state index contributed by atoms with van der Waals surface area (Å²) in [6, 6.07) is 4.19. The number of rotatable bonds is 1. The van der Waals surface area contributed by atoms with E-state index in [4.69, 9.17) is 5.73 Å². The number of nitrogens with zero attached hydrogens (tertiary/aromatic N) is 1. The van der Waals surface area contributed by atoms with E-state index in [0.717, 1.165) is 16.9 Å². The number of H-pyrrole nitrogens is 1. The van der Waals surface area contributed by atoms with Gasteiger partial charge in [-0.25, -0.2) is 4.98 Å². The fourth-order valence-electron chi connectivity index (χ4n) is 1.71. The van der Waals surface area contributed by atoms with Crippen LogP contribution in [0.4, 0.5) is 0 Å². The molecule has 1 atom stereocenters. The quantitative estimate of drug-likeness (QED) is 0.722. The SMILES string of the molecule is Cc1cc(C)c2nc([C@@H](C)N)[nH]c2c1. The lowest BCUT2D eigenvalue weighted by Gasteiger charge is -1.96. The standard InChI is InChI=1S/C11H15N3/c1-6-4-7(2)10-9(5-6)13-11(14-10)8(3)12/h4-5,8H,12H2,1-3H3,(H,13,14)/t8-/m1/s1. The van der Waals surface area contributed by atoms with E-state index in [9.17, 15) is 0 Å². The van der Waals surface area contributed by atoms with Crippen molar-refractivity contribution in [2.24, 2.45) is 5.73 Å². The number of fused-ring (bicyclic) bond motifs is 1. The summed E-state index contributed by atoms with van der Waals surface area (Å²) in [5.74, 6) is 0.855. The van der Waals surface area contributed by atoms with Gasteiger partial charge in [-0.1, -0.05) is 6.07 Å². The van der Waals surface area contributed by atoms with E-state index < -0.39 is 0 Å². The highest BCUT2D eigenvalue weighted by Crippen LogP contribution is 2.19. The Labute approximate surface area is 83.3 Å². The molecule has 3 N–H and O–H groups in total. The van der Waals surface area contributed by atoms with Crippen LogP contribution in [0.1, 0.15) is 29.9 Å². The molecule has 0 radical (unpaired) electrons. The first kappa shape index (κ1) is 9.21. The van der Waals surface area contributed by atoms with Crippen molar-refractivity contribution in [3.05, 3.63) is 29.1 Å². The molecule has 0 aliphatic carbocycles. The van der Waals surface area contributed by atoms with Crippen LogP contribution in [-0.2, 0) is 0 Å². The Kier molecular flexibility index (Phi) is 2.04. The van der Waals surface area contributed by atoms with E-state index in [1.54, 1.807) is 0 Å². The van der Waals surface area contributed by atoms with Crippen molar-refractivity contribution in [1.82, 2.24) is 9.97 Å². The molecule has 2 rings (SSSR count). The smallest absolute Gasteiger partial charge is 0.123 e. The Balaban J connectivity index is 2.70. The van der Waals surface area contributed by atoms with Gasteiger partial charge in [0.1, 0.15) is 5.82 Å². The third-order valence-corrected chi connectivity index (χ3v) is 2.37. The second-order valence-corrected chi connectivity index (χ2v) is 3.89. The molecule has 0 aliphatic heterocycles. The van der Waals surface area contributed by atoms with E-state index in [0.29, 0.717) is 0 Å². The van der Waals surface area contributed by atoms with Crippen LogP contribution >= 0.6 is 0 Å². The first-order chi connectivity index (χ1) is 6.58. The van der Waals surface area contributed by atoms with Gasteiger partial charge >= 0.3 is 0 Å². The van der Waals surface area contributed by atoms with Crippen molar-refractivity contribution in [3.8, 4) is 0 Å². The van der Waals surface area contributed by atoms with Crippen LogP contribution in [0.2, 0.25) is 0 Å². The Hall–Kier alpha value is -1.35. The molecule has 1 aromatic heterocycles. The molecule has 1 heterocycles. The minimum Gasteiger partial charge on any atom is -0.341 e. The maximum atomic E-state index is 5.77. The Morgan fingerprint density at radius 3 is 2.71 bits per heavy atom. The van der Waals surface area contributed by atoms with Gasteiger partial charge in [0, 0.05) is 0 Å². The second-order valence-electron chi connectivity index (χ2n) is 3.89. The van der Waals surface area contributed by atoms with E-state index in [1.807, 2.05) is 6.92 Å². The molecule has 0 unspecified atom stereocenters. The Morgan fingerprint density at radius 2 is 2.07 bits per heavy atom. The highest BCUT2D eigenvalue weighted by Gasteiger charge is 2.08. The predicted octanol–water partition coefficient (Wildman–Crippen LogP) is 2.20. The van der Waals surface area contributed by atoms with Crippen molar-refractivity contribution in [1.29, 1.82) is 0 Å². The van der Waals surface area contributed by atoms with Gasteiger partial charge in [0.15, 0.2) is 0 Å². The van der Waals surface area contributed by atoms with Crippen LogP contribution in [0, 0.1) is 13.8 Å². The largest absolute Gasteiger partial charge is 0.341 e. The average Bonchev–Trinajstić information content (AvgIpc) is 2.47. The Morgan fingerprint density at radius 1 is 1.36 bits per heavy atom. The van der Waals surface area contributed by atoms with Crippen LogP contribution in [0.15, 0.2) is 12.1 Å². The number of benzene rings is 1. The minimum atomic E-state index is -0.0397. The minimum absolute atomic E-state index is 0.0397. The molecule has 74 valence electrons. The summed E-state index contributed by atoms with van der Waals surface area (Å²) in [7, 11) is 0. The number of aromatic amines is 1. The van der Waals surface area contributed by atoms with Gasteiger partial charge in [0.05, 0.1) is 17.1 Å². The molecule has 3 nitrogen and oxygen atoms in total. The second kappa shape index (κ2) is 3.10. The highest BCUT2D eigenvalue weighted by molar-refractivity contribution is 5.79. The summed E-state index contributed by atoms with van der Waals surface area (Å²) in [5, 5.41) is 0. The topological polar surface area (TPSA) is 54.7 Å². The van der Waals surface area contributed by atoms with Gasteiger partial charge in [-0.2, -0.15) is 0 Å². The monoisotopic (exact) mass is 189 g/mol. The van der Waals surface area contributed by atoms with Crippen LogP contribution in [0.3, 0.4) is 0 Å². The maximum Gasteiger partial charge on any atom is 0.123 e. The normalized spacial score (nSPS) is 13.4. The summed E-state index contributed by atoms with van der Waals surface area (Å²) in [4.78, 5) is 7.71. The summed E-state index contributed by atoms with van der Waals surface area (Å²) in [6.45, 7) is 6.08. The van der Waals surface area contributed by atoms with E-state index in [2.05, 4.69) is 35.9 Å². The number of hydrogen-bond donors (Lipinski definition) is 2. The lowest BCUT2D eigenvalue weighted by Crippen LogP contribution is -2.06. The van der Waals surface area contributed by atoms with E-state index in [-0.39, 0.29) is 6.04 Å². The van der Waals surface area contributed by atoms with Gasteiger partial charge in [0.25, 0.3) is 0 Å². The molecule has 2 aromatic rings. The summed E-state index contributed by atoms with van der Waals surface area (Å²) in [6.07, 6.45) is 0. The molecule has 0 amide bonds. The molecule has 3 heteroatoms. The zero-order valence-electron chi connectivity index (χ0n) is 8.76. The number of aromatic nitrogens is 2. The third-order valence-electron chi connectivity index (χ3n) is 2.37. The maximum absolute atomic E-state index is 5.77. The van der Waals surface area contributed by atoms with Crippen LogP contribution in [-0.4, -0.2) is 9.97 Å². The molecular formula is C11H15N3. The van der Waals surface area contributed by atoms with Gasteiger partial charge in [-0.15, -0.1) is 0 Å². The zero-order valence-corrected chi connectivity index (χ0v) is 8.76. The first-order valence-electron chi connectivity index (χ1n) is 4.80. The molecular weight excluding hydrogens is 174 g/mol. The first-order valence-corrected chi connectivity index (χ1v) is 4.80. The highest BCUT2D eigenvalue weighted by atomic mass is 15.0. The van der Waals surface area contributed by atoms with Gasteiger partial charge in [-0.3, -0.25) is 0 Å². The van der Waals surface area contributed by atoms with Crippen LogP contribution < -0.4 is 5.73 Å². The van der Waals surface area contributed by atoms with Gasteiger partial charge in [0.2, 0.25) is 0 Å². The summed E-state index contributed by atoms with van der Waals surface area (Å²) in [5.41, 5.74) is 10.3. The molecule has 0 fully saturated rings. The molecule has 0 aliphatic rings. The number of aryl methyl sites for hydroxylation is 2. The fraction of sp³-hybridized carbons (Fsp3) is 0.364. The summed E-state index contributed by atoms with van der Waals surface area (Å²) < 4.78 is 0. The van der Waals surface area contributed by atoms with Crippen molar-refractivity contribution < 1.29 is 0 Å². The van der Waals surface area contributed by atoms with Gasteiger partial charge < -0.3 is 10.7 Å².